The van der Waals surface area contributed by atoms with Crippen LogP contribution in [0.5, 0.6) is 0 Å². The van der Waals surface area contributed by atoms with Crippen LogP contribution in [0.1, 0.15) is 32.1 Å². The molecule has 8 heteroatoms. The Morgan fingerprint density at radius 2 is 1.95 bits per heavy atom. The van der Waals surface area contributed by atoms with Crippen molar-refractivity contribution in [2.24, 2.45) is 0 Å². The van der Waals surface area contributed by atoms with E-state index in [4.69, 9.17) is 0 Å². The summed E-state index contributed by atoms with van der Waals surface area (Å²) in [7, 11) is -2.13. The Bertz CT molecular complexity index is 448. The third kappa shape index (κ3) is 3.13. The van der Waals surface area contributed by atoms with Crippen LogP contribution in [0.4, 0.5) is 0 Å². The van der Waals surface area contributed by atoms with E-state index in [-0.39, 0.29) is 19.1 Å². The normalized spacial score (nSPS) is 26.8. The van der Waals surface area contributed by atoms with Crippen molar-refractivity contribution in [1.82, 2.24) is 13.9 Å². The van der Waals surface area contributed by atoms with Crippen LogP contribution in [-0.2, 0) is 15.0 Å². The zero-order valence-electron chi connectivity index (χ0n) is 11.8. The molecule has 7 nitrogen and oxygen atoms in total. The first kappa shape index (κ1) is 15.7. The van der Waals surface area contributed by atoms with Gasteiger partial charge in [-0.1, -0.05) is 19.3 Å². The Kier molecular flexibility index (Phi) is 5.00. The van der Waals surface area contributed by atoms with Crippen LogP contribution in [0.2, 0.25) is 0 Å². The first-order valence-corrected chi connectivity index (χ1v) is 8.52. The molecule has 1 atom stereocenters. The van der Waals surface area contributed by atoms with Crippen molar-refractivity contribution in [3.8, 4) is 0 Å². The predicted molar refractivity (Wildman–Crippen MR) is 74.6 cm³/mol. The highest BCUT2D eigenvalue weighted by atomic mass is 32.2. The van der Waals surface area contributed by atoms with E-state index < -0.39 is 22.2 Å². The van der Waals surface area contributed by atoms with E-state index in [1.165, 1.54) is 4.31 Å². The molecule has 0 aromatic carbocycles. The van der Waals surface area contributed by atoms with Crippen molar-refractivity contribution in [1.29, 1.82) is 0 Å². The molecular formula is C12H23N3O4S. The van der Waals surface area contributed by atoms with E-state index in [0.717, 1.165) is 36.4 Å². The molecule has 1 aliphatic carbocycles. The zero-order chi connectivity index (χ0) is 14.8. The van der Waals surface area contributed by atoms with Gasteiger partial charge in [0, 0.05) is 32.7 Å². The number of carbonyl (C=O) groups is 1. The third-order valence-corrected chi connectivity index (χ3v) is 6.28. The van der Waals surface area contributed by atoms with Gasteiger partial charge in [-0.2, -0.15) is 17.0 Å². The molecular weight excluding hydrogens is 282 g/mol. The number of hydrogen-bond donors (Lipinski definition) is 2. The van der Waals surface area contributed by atoms with E-state index in [9.17, 15) is 18.3 Å². The molecule has 0 bridgehead atoms. The molecule has 0 aromatic rings. The predicted octanol–water partition coefficient (Wildman–Crippen LogP) is -0.146. The number of aliphatic carboxylic acids is 1. The van der Waals surface area contributed by atoms with Crippen LogP contribution in [0, 0.1) is 0 Å². The highest BCUT2D eigenvalue weighted by molar-refractivity contribution is 7.86. The molecule has 116 valence electrons. The average Bonchev–Trinajstić information content (AvgIpc) is 2.47. The minimum atomic E-state index is -3.71. The van der Waals surface area contributed by atoms with E-state index in [1.54, 1.807) is 7.05 Å². The number of piperazine rings is 1. The van der Waals surface area contributed by atoms with Gasteiger partial charge >= 0.3 is 5.97 Å². The molecule has 0 spiro atoms. The molecule has 2 N–H and O–H groups in total. The van der Waals surface area contributed by atoms with Gasteiger partial charge in [0.2, 0.25) is 0 Å². The number of carboxylic acid groups (broad SMARTS) is 1. The monoisotopic (exact) mass is 305 g/mol. The maximum Gasteiger partial charge on any atom is 0.323 e. The van der Waals surface area contributed by atoms with Crippen LogP contribution in [0.3, 0.4) is 0 Å². The Morgan fingerprint density at radius 3 is 2.55 bits per heavy atom. The van der Waals surface area contributed by atoms with Crippen molar-refractivity contribution < 1.29 is 18.3 Å². The van der Waals surface area contributed by atoms with E-state index in [2.05, 4.69) is 5.32 Å². The largest absolute Gasteiger partial charge is 0.480 e. The summed E-state index contributed by atoms with van der Waals surface area (Å²) < 4.78 is 27.8. The number of nitrogens with one attached hydrogen (secondary N) is 1. The van der Waals surface area contributed by atoms with Gasteiger partial charge in [0.1, 0.15) is 6.04 Å². The Morgan fingerprint density at radius 1 is 1.30 bits per heavy atom. The molecule has 20 heavy (non-hydrogen) atoms. The van der Waals surface area contributed by atoms with E-state index >= 15 is 0 Å². The Labute approximate surface area is 120 Å². The fourth-order valence-corrected chi connectivity index (χ4v) is 4.70. The molecule has 2 fully saturated rings. The van der Waals surface area contributed by atoms with E-state index in [0.29, 0.717) is 6.54 Å². The molecule has 1 saturated carbocycles. The van der Waals surface area contributed by atoms with Gasteiger partial charge in [-0.25, -0.2) is 0 Å². The average molecular weight is 305 g/mol. The lowest BCUT2D eigenvalue weighted by Gasteiger charge is -2.38. The summed E-state index contributed by atoms with van der Waals surface area (Å²) in [5.74, 6) is -1.10. The van der Waals surface area contributed by atoms with Gasteiger partial charge in [-0.05, 0) is 12.8 Å². The summed E-state index contributed by atoms with van der Waals surface area (Å²) in [6.07, 6.45) is 4.94. The summed E-state index contributed by atoms with van der Waals surface area (Å²) in [5, 5.41) is 12.1. The summed E-state index contributed by atoms with van der Waals surface area (Å²) in [6, 6.07) is -1.02. The Hall–Kier alpha value is -0.700. The fraction of sp³-hybridized carbons (Fsp3) is 0.917. The SMILES string of the molecule is CN(C1CCCCC1)S(=O)(=O)N1CCNCC1C(=O)O. The Balaban J connectivity index is 2.16. The second-order valence-corrected chi connectivity index (χ2v) is 7.43. The number of carboxylic acids is 1. The van der Waals surface area contributed by atoms with Crippen molar-refractivity contribution in [3.63, 3.8) is 0 Å². The number of rotatable bonds is 4. The lowest BCUT2D eigenvalue weighted by molar-refractivity contribution is -0.141. The van der Waals surface area contributed by atoms with Crippen molar-refractivity contribution in [2.45, 2.75) is 44.2 Å². The number of nitrogens with zero attached hydrogens (tertiary/aromatic N) is 2. The fourth-order valence-electron chi connectivity index (χ4n) is 2.97. The first-order chi connectivity index (χ1) is 9.44. The van der Waals surface area contributed by atoms with Crippen molar-refractivity contribution in [3.05, 3.63) is 0 Å². The summed E-state index contributed by atoms with van der Waals surface area (Å²) in [4.78, 5) is 11.2. The van der Waals surface area contributed by atoms with Crippen LogP contribution in [-0.4, -0.2) is 66.9 Å². The molecule has 1 unspecified atom stereocenters. The van der Waals surface area contributed by atoms with Crippen LogP contribution < -0.4 is 5.32 Å². The quantitative estimate of drug-likeness (QED) is 0.754. The van der Waals surface area contributed by atoms with Gasteiger partial charge in [0.15, 0.2) is 0 Å². The topological polar surface area (TPSA) is 90.0 Å². The molecule has 1 aliphatic heterocycles. The molecule has 1 heterocycles. The number of hydrogen-bond acceptors (Lipinski definition) is 4. The molecule has 1 saturated heterocycles. The second-order valence-electron chi connectivity index (χ2n) is 5.48. The second kappa shape index (κ2) is 6.38. The van der Waals surface area contributed by atoms with Gasteiger partial charge in [0.05, 0.1) is 0 Å². The zero-order valence-corrected chi connectivity index (χ0v) is 12.6. The van der Waals surface area contributed by atoms with Gasteiger partial charge in [0.25, 0.3) is 10.2 Å². The van der Waals surface area contributed by atoms with Crippen LogP contribution in [0.25, 0.3) is 0 Å². The standard InChI is InChI=1S/C12H23N3O4S/c1-14(10-5-3-2-4-6-10)20(18,19)15-8-7-13-9-11(15)12(16)17/h10-11,13H,2-9H2,1H3,(H,16,17). The maximum atomic E-state index is 12.7. The van der Waals surface area contributed by atoms with Gasteiger partial charge in [-0.15, -0.1) is 0 Å². The highest BCUT2D eigenvalue weighted by Crippen LogP contribution is 2.25. The lowest BCUT2D eigenvalue weighted by atomic mass is 9.96. The minimum Gasteiger partial charge on any atom is -0.480 e. The minimum absolute atomic E-state index is 0.00178. The molecule has 2 aliphatic rings. The van der Waals surface area contributed by atoms with Gasteiger partial charge in [-0.3, -0.25) is 4.79 Å². The molecule has 0 amide bonds. The van der Waals surface area contributed by atoms with Gasteiger partial charge < -0.3 is 10.4 Å². The lowest BCUT2D eigenvalue weighted by Crippen LogP contribution is -2.60. The first-order valence-electron chi connectivity index (χ1n) is 7.13. The third-order valence-electron chi connectivity index (χ3n) is 4.23. The highest BCUT2D eigenvalue weighted by Gasteiger charge is 2.40. The molecule has 0 aromatic heterocycles. The maximum absolute atomic E-state index is 12.7. The van der Waals surface area contributed by atoms with Crippen molar-refractivity contribution in [2.75, 3.05) is 26.7 Å². The smallest absolute Gasteiger partial charge is 0.323 e. The van der Waals surface area contributed by atoms with Crippen LogP contribution >= 0.6 is 0 Å². The van der Waals surface area contributed by atoms with Crippen LogP contribution in [0.15, 0.2) is 0 Å². The summed E-state index contributed by atoms with van der Waals surface area (Å²) in [6.45, 7) is 0.852. The van der Waals surface area contributed by atoms with Crippen molar-refractivity contribution >= 4 is 16.2 Å². The van der Waals surface area contributed by atoms with E-state index in [1.807, 2.05) is 0 Å². The molecule has 0 radical (unpaired) electrons. The summed E-state index contributed by atoms with van der Waals surface area (Å²) >= 11 is 0. The molecule has 2 rings (SSSR count). The summed E-state index contributed by atoms with van der Waals surface area (Å²) in [5.41, 5.74) is 0.